The molecule has 1 aliphatic rings. The molecule has 4 heterocycles. The van der Waals surface area contributed by atoms with Gasteiger partial charge in [-0.15, -0.1) is 0 Å². The largest absolute Gasteiger partial charge is 0.468 e. The van der Waals surface area contributed by atoms with Gasteiger partial charge in [0.2, 0.25) is 0 Å². The van der Waals surface area contributed by atoms with Gasteiger partial charge in [-0.25, -0.2) is 4.98 Å². The lowest BCUT2D eigenvalue weighted by molar-refractivity contribution is 0.194. The summed E-state index contributed by atoms with van der Waals surface area (Å²) in [6, 6.07) is 7.89. The SMILES string of the molecule is CN(Cc1cn2c(n1)CN(Cc1ccco1)CC2)Cc1ccco1. The average molecular weight is 326 g/mol. The fraction of sp³-hybridized carbons (Fsp3) is 0.389. The average Bonchev–Trinajstić information content (AvgIpc) is 3.28. The Morgan fingerprint density at radius 3 is 2.62 bits per heavy atom. The summed E-state index contributed by atoms with van der Waals surface area (Å²) in [4.78, 5) is 9.41. The van der Waals surface area contributed by atoms with E-state index in [0.717, 1.165) is 62.3 Å². The van der Waals surface area contributed by atoms with Crippen LogP contribution in [0.25, 0.3) is 0 Å². The van der Waals surface area contributed by atoms with E-state index in [1.54, 1.807) is 12.5 Å². The lowest BCUT2D eigenvalue weighted by Crippen LogP contribution is -2.33. The second kappa shape index (κ2) is 6.67. The van der Waals surface area contributed by atoms with E-state index in [4.69, 9.17) is 13.8 Å². The Morgan fingerprint density at radius 2 is 1.88 bits per heavy atom. The highest BCUT2D eigenvalue weighted by Gasteiger charge is 2.19. The zero-order valence-electron chi connectivity index (χ0n) is 13.9. The van der Waals surface area contributed by atoms with Gasteiger partial charge in [0, 0.05) is 25.8 Å². The zero-order chi connectivity index (χ0) is 16.4. The molecule has 6 heteroatoms. The maximum Gasteiger partial charge on any atom is 0.123 e. The van der Waals surface area contributed by atoms with E-state index in [2.05, 4.69) is 27.6 Å². The summed E-state index contributed by atoms with van der Waals surface area (Å²) in [5.41, 5.74) is 1.11. The third kappa shape index (κ3) is 3.44. The molecule has 0 radical (unpaired) electrons. The molecular weight excluding hydrogens is 304 g/mol. The molecule has 0 fully saturated rings. The Morgan fingerprint density at radius 1 is 1.08 bits per heavy atom. The summed E-state index contributed by atoms with van der Waals surface area (Å²) < 4.78 is 13.1. The lowest BCUT2D eigenvalue weighted by atomic mass is 10.3. The molecule has 0 atom stereocenters. The molecule has 0 aromatic carbocycles. The molecule has 126 valence electrons. The quantitative estimate of drug-likeness (QED) is 0.697. The number of nitrogens with zero attached hydrogens (tertiary/aromatic N) is 4. The van der Waals surface area contributed by atoms with Gasteiger partial charge in [-0.1, -0.05) is 0 Å². The molecule has 0 bridgehead atoms. The van der Waals surface area contributed by atoms with Crippen LogP contribution >= 0.6 is 0 Å². The van der Waals surface area contributed by atoms with Crippen LogP contribution in [-0.4, -0.2) is 32.9 Å². The Kier molecular flexibility index (Phi) is 4.23. The monoisotopic (exact) mass is 326 g/mol. The highest BCUT2D eigenvalue weighted by atomic mass is 16.3. The molecular formula is C18H22N4O2. The third-order valence-corrected chi connectivity index (χ3v) is 4.33. The van der Waals surface area contributed by atoms with Crippen molar-refractivity contribution in [1.82, 2.24) is 19.4 Å². The fourth-order valence-electron chi connectivity index (χ4n) is 3.20. The van der Waals surface area contributed by atoms with Crippen molar-refractivity contribution < 1.29 is 8.83 Å². The highest BCUT2D eigenvalue weighted by Crippen LogP contribution is 2.17. The normalized spacial score (nSPS) is 15.1. The summed E-state index contributed by atoms with van der Waals surface area (Å²) in [6.07, 6.45) is 5.62. The van der Waals surface area contributed by atoms with Crippen LogP contribution in [0.3, 0.4) is 0 Å². The van der Waals surface area contributed by atoms with Gasteiger partial charge in [-0.3, -0.25) is 9.80 Å². The predicted octanol–water partition coefficient (Wildman–Crippen LogP) is 2.72. The first-order chi connectivity index (χ1) is 11.8. The van der Waals surface area contributed by atoms with Gasteiger partial charge >= 0.3 is 0 Å². The van der Waals surface area contributed by atoms with E-state index in [1.807, 2.05) is 24.3 Å². The standard InChI is InChI=1S/C18H22N4O2/c1-20(12-16-4-2-8-23-16)10-15-11-22-7-6-21(14-18(22)19-15)13-17-5-3-9-24-17/h2-5,8-9,11H,6-7,10,12-14H2,1H3. The van der Waals surface area contributed by atoms with Crippen molar-refractivity contribution in [3.8, 4) is 0 Å². The molecule has 0 unspecified atom stereocenters. The second-order valence-electron chi connectivity index (χ2n) is 6.38. The van der Waals surface area contributed by atoms with Crippen LogP contribution in [0, 0.1) is 0 Å². The molecule has 24 heavy (non-hydrogen) atoms. The minimum atomic E-state index is 0.791. The van der Waals surface area contributed by atoms with E-state index >= 15 is 0 Å². The van der Waals surface area contributed by atoms with E-state index in [1.165, 1.54) is 0 Å². The van der Waals surface area contributed by atoms with Gasteiger partial charge < -0.3 is 13.4 Å². The third-order valence-electron chi connectivity index (χ3n) is 4.33. The number of fused-ring (bicyclic) bond motifs is 1. The van der Waals surface area contributed by atoms with Crippen molar-refractivity contribution >= 4 is 0 Å². The summed E-state index contributed by atoms with van der Waals surface area (Å²) >= 11 is 0. The first kappa shape index (κ1) is 15.2. The van der Waals surface area contributed by atoms with Gasteiger partial charge in [0.25, 0.3) is 0 Å². The van der Waals surface area contributed by atoms with Crippen LogP contribution < -0.4 is 0 Å². The van der Waals surface area contributed by atoms with Crippen LogP contribution in [-0.2, 0) is 32.7 Å². The van der Waals surface area contributed by atoms with Crippen molar-refractivity contribution in [2.75, 3.05) is 13.6 Å². The van der Waals surface area contributed by atoms with E-state index in [9.17, 15) is 0 Å². The topological polar surface area (TPSA) is 50.6 Å². The molecule has 0 aliphatic carbocycles. The first-order valence-electron chi connectivity index (χ1n) is 8.27. The number of hydrogen-bond acceptors (Lipinski definition) is 5. The van der Waals surface area contributed by atoms with Crippen LogP contribution in [0.15, 0.2) is 51.8 Å². The fourth-order valence-corrected chi connectivity index (χ4v) is 3.20. The van der Waals surface area contributed by atoms with E-state index in [-0.39, 0.29) is 0 Å². The minimum absolute atomic E-state index is 0.791. The summed E-state index contributed by atoms with van der Waals surface area (Å²) in [7, 11) is 2.09. The Balaban J connectivity index is 1.37. The number of furan rings is 2. The second-order valence-corrected chi connectivity index (χ2v) is 6.38. The first-order valence-corrected chi connectivity index (χ1v) is 8.27. The van der Waals surface area contributed by atoms with Crippen molar-refractivity contribution in [3.05, 3.63) is 66.0 Å². The van der Waals surface area contributed by atoms with E-state index in [0.29, 0.717) is 0 Å². The molecule has 0 N–H and O–H groups in total. The van der Waals surface area contributed by atoms with Gasteiger partial charge in [0.05, 0.1) is 37.9 Å². The Labute approximate surface area is 141 Å². The molecule has 0 saturated heterocycles. The molecule has 1 aliphatic heterocycles. The van der Waals surface area contributed by atoms with Crippen LogP contribution in [0.1, 0.15) is 23.0 Å². The molecule has 0 amide bonds. The van der Waals surface area contributed by atoms with Crippen molar-refractivity contribution in [2.45, 2.75) is 32.7 Å². The number of rotatable bonds is 6. The maximum atomic E-state index is 5.45. The number of imidazole rings is 1. The molecule has 0 spiro atoms. The van der Waals surface area contributed by atoms with Gasteiger partial charge in [0.1, 0.15) is 17.3 Å². The van der Waals surface area contributed by atoms with Crippen LogP contribution in [0.2, 0.25) is 0 Å². The van der Waals surface area contributed by atoms with Gasteiger partial charge in [-0.2, -0.15) is 0 Å². The molecule has 4 rings (SSSR count). The minimum Gasteiger partial charge on any atom is -0.468 e. The van der Waals surface area contributed by atoms with Gasteiger partial charge in [0.15, 0.2) is 0 Å². The summed E-state index contributed by atoms with van der Waals surface area (Å²) in [6.45, 7) is 5.31. The summed E-state index contributed by atoms with van der Waals surface area (Å²) in [5.74, 6) is 3.12. The Bertz CT molecular complexity index is 761. The molecule has 0 saturated carbocycles. The number of hydrogen-bond donors (Lipinski definition) is 0. The Hall–Kier alpha value is -2.31. The van der Waals surface area contributed by atoms with Crippen LogP contribution in [0.5, 0.6) is 0 Å². The van der Waals surface area contributed by atoms with E-state index < -0.39 is 0 Å². The summed E-state index contributed by atoms with van der Waals surface area (Å²) in [5, 5.41) is 0. The van der Waals surface area contributed by atoms with Gasteiger partial charge in [-0.05, 0) is 31.3 Å². The van der Waals surface area contributed by atoms with Crippen molar-refractivity contribution in [1.29, 1.82) is 0 Å². The van der Waals surface area contributed by atoms with Crippen molar-refractivity contribution in [2.24, 2.45) is 0 Å². The zero-order valence-corrected chi connectivity index (χ0v) is 13.9. The maximum absolute atomic E-state index is 5.45. The smallest absolute Gasteiger partial charge is 0.123 e. The number of aromatic nitrogens is 2. The molecule has 3 aromatic rings. The molecule has 6 nitrogen and oxygen atoms in total. The van der Waals surface area contributed by atoms with Crippen molar-refractivity contribution in [3.63, 3.8) is 0 Å². The molecule has 3 aromatic heterocycles. The lowest BCUT2D eigenvalue weighted by Gasteiger charge is -2.26. The van der Waals surface area contributed by atoms with Crippen LogP contribution in [0.4, 0.5) is 0 Å². The predicted molar refractivity (Wildman–Crippen MR) is 88.9 cm³/mol. The highest BCUT2D eigenvalue weighted by molar-refractivity contribution is 5.08.